The molecule has 3 heterocycles. The van der Waals surface area contributed by atoms with E-state index in [0.29, 0.717) is 54.7 Å². The number of aromatic nitrogens is 2. The highest BCUT2D eigenvalue weighted by molar-refractivity contribution is 7.98. The zero-order chi connectivity index (χ0) is 29.5. The van der Waals surface area contributed by atoms with E-state index in [9.17, 15) is 14.0 Å². The van der Waals surface area contributed by atoms with Crippen molar-refractivity contribution in [1.29, 1.82) is 0 Å². The third-order valence-corrected chi connectivity index (χ3v) is 8.77. The first-order chi connectivity index (χ1) is 20.4. The third kappa shape index (κ3) is 7.21. The van der Waals surface area contributed by atoms with Gasteiger partial charge in [-0.05, 0) is 56.0 Å². The number of aryl methyl sites for hydroxylation is 1. The van der Waals surface area contributed by atoms with Crippen molar-refractivity contribution >= 4 is 35.1 Å². The fourth-order valence-corrected chi connectivity index (χ4v) is 6.27. The van der Waals surface area contributed by atoms with E-state index in [4.69, 9.17) is 14.7 Å². The first-order valence-electron chi connectivity index (χ1n) is 14.7. The maximum atomic E-state index is 14.3. The van der Waals surface area contributed by atoms with Gasteiger partial charge < -0.3 is 19.4 Å². The van der Waals surface area contributed by atoms with Crippen LogP contribution in [0.15, 0.2) is 59.8 Å². The second-order valence-electron chi connectivity index (χ2n) is 10.6. The Morgan fingerprint density at radius 3 is 2.38 bits per heavy atom. The molecule has 8 nitrogen and oxygen atoms in total. The third-order valence-electron chi connectivity index (χ3n) is 7.85. The molecule has 1 aromatic heterocycles. The van der Waals surface area contributed by atoms with E-state index in [1.807, 2.05) is 54.3 Å². The molecule has 0 bridgehead atoms. The standard InChI is InChI=1S/C32H38FN5O3S/c1-3-26-21-29(37-18-16-36(17-19-37)28-11-6-5-10-27(28)33)35-32(34-26)42-22-23-8-7-9-25(20-23)30(39)38-14-12-24(13-15-38)31(40)41-4-2/h5-11,20-21,24H,3-4,12-19,22H2,1-2H3. The number of thioether (sulfide) groups is 1. The van der Waals surface area contributed by atoms with Crippen LogP contribution in [-0.2, 0) is 21.7 Å². The van der Waals surface area contributed by atoms with Gasteiger partial charge in [-0.15, -0.1) is 0 Å². The molecule has 2 aliphatic rings. The molecule has 0 atom stereocenters. The summed E-state index contributed by atoms with van der Waals surface area (Å²) in [5.74, 6) is 1.05. The maximum absolute atomic E-state index is 14.3. The molecule has 0 spiro atoms. The van der Waals surface area contributed by atoms with Gasteiger partial charge in [-0.2, -0.15) is 0 Å². The summed E-state index contributed by atoms with van der Waals surface area (Å²) in [6.45, 7) is 8.32. The van der Waals surface area contributed by atoms with Crippen molar-refractivity contribution in [1.82, 2.24) is 14.9 Å². The second-order valence-corrected chi connectivity index (χ2v) is 11.5. The van der Waals surface area contributed by atoms with Crippen molar-refractivity contribution in [2.24, 2.45) is 5.92 Å². The van der Waals surface area contributed by atoms with Gasteiger partial charge in [-0.3, -0.25) is 9.59 Å². The number of likely N-dealkylation sites (tertiary alicyclic amines) is 1. The minimum absolute atomic E-state index is 0.00907. The molecule has 222 valence electrons. The van der Waals surface area contributed by atoms with Crippen LogP contribution in [0.5, 0.6) is 0 Å². The van der Waals surface area contributed by atoms with E-state index < -0.39 is 0 Å². The summed E-state index contributed by atoms with van der Waals surface area (Å²) in [5.41, 5.74) is 3.30. The van der Waals surface area contributed by atoms with E-state index in [0.717, 1.165) is 49.7 Å². The minimum Gasteiger partial charge on any atom is -0.466 e. The van der Waals surface area contributed by atoms with Gasteiger partial charge in [-0.25, -0.2) is 14.4 Å². The number of esters is 1. The van der Waals surface area contributed by atoms with E-state index in [-0.39, 0.29) is 23.6 Å². The molecule has 0 saturated carbocycles. The Balaban J connectivity index is 1.19. The van der Waals surface area contributed by atoms with Crippen molar-refractivity contribution in [2.45, 2.75) is 44.0 Å². The van der Waals surface area contributed by atoms with Crippen LogP contribution in [0.1, 0.15) is 48.3 Å². The van der Waals surface area contributed by atoms with Crippen molar-refractivity contribution in [3.8, 4) is 0 Å². The fraction of sp³-hybridized carbons (Fsp3) is 0.438. The number of ether oxygens (including phenoxy) is 1. The molecule has 1 amide bonds. The van der Waals surface area contributed by atoms with Crippen molar-refractivity contribution in [2.75, 3.05) is 55.7 Å². The van der Waals surface area contributed by atoms with Crippen molar-refractivity contribution < 1.29 is 18.7 Å². The number of rotatable bonds is 9. The molecule has 0 radical (unpaired) electrons. The van der Waals surface area contributed by atoms with Crippen LogP contribution in [-0.4, -0.2) is 72.6 Å². The van der Waals surface area contributed by atoms with Crippen molar-refractivity contribution in [3.05, 3.63) is 77.2 Å². The number of nitrogens with zero attached hydrogens (tertiary/aromatic N) is 5. The van der Waals surface area contributed by atoms with Crippen LogP contribution in [0.25, 0.3) is 0 Å². The Morgan fingerprint density at radius 1 is 0.929 bits per heavy atom. The molecule has 2 aliphatic heterocycles. The van der Waals surface area contributed by atoms with Crippen LogP contribution in [0, 0.1) is 11.7 Å². The molecular weight excluding hydrogens is 553 g/mol. The number of amides is 1. The predicted octanol–water partition coefficient (Wildman–Crippen LogP) is 5.21. The van der Waals surface area contributed by atoms with E-state index in [1.165, 1.54) is 6.07 Å². The monoisotopic (exact) mass is 591 g/mol. The number of piperazine rings is 1. The average Bonchev–Trinajstić information content (AvgIpc) is 3.04. The van der Waals surface area contributed by atoms with E-state index >= 15 is 0 Å². The average molecular weight is 592 g/mol. The second kappa shape index (κ2) is 14.0. The number of hydrogen-bond acceptors (Lipinski definition) is 8. The predicted molar refractivity (Wildman–Crippen MR) is 163 cm³/mol. The van der Waals surface area contributed by atoms with Gasteiger partial charge in [0.25, 0.3) is 5.91 Å². The molecule has 10 heteroatoms. The molecule has 0 unspecified atom stereocenters. The SMILES string of the molecule is CCOC(=O)C1CCN(C(=O)c2cccc(CSc3nc(CC)cc(N4CCN(c5ccccc5F)CC4)n3)c2)CC1. The summed E-state index contributed by atoms with van der Waals surface area (Å²) in [7, 11) is 0. The number of anilines is 2. The van der Waals surface area contributed by atoms with E-state index in [2.05, 4.69) is 16.7 Å². The quantitative estimate of drug-likeness (QED) is 0.191. The van der Waals surface area contributed by atoms with Gasteiger partial charge in [0, 0.05) is 62.3 Å². The highest BCUT2D eigenvalue weighted by Crippen LogP contribution is 2.27. The normalized spacial score (nSPS) is 16.0. The smallest absolute Gasteiger partial charge is 0.309 e. The number of carbonyl (C=O) groups is 2. The topological polar surface area (TPSA) is 78.9 Å². The van der Waals surface area contributed by atoms with Crippen LogP contribution in [0.2, 0.25) is 0 Å². The van der Waals surface area contributed by atoms with Crippen LogP contribution < -0.4 is 9.80 Å². The molecule has 3 aromatic rings. The molecule has 2 saturated heterocycles. The molecular formula is C32H38FN5O3S. The molecule has 2 aromatic carbocycles. The molecule has 42 heavy (non-hydrogen) atoms. The number of hydrogen-bond donors (Lipinski definition) is 0. The Hall–Kier alpha value is -3.66. The van der Waals surface area contributed by atoms with Crippen LogP contribution >= 0.6 is 11.8 Å². The number of carbonyl (C=O) groups excluding carboxylic acids is 2. The first-order valence-corrected chi connectivity index (χ1v) is 15.7. The Morgan fingerprint density at radius 2 is 1.67 bits per heavy atom. The summed E-state index contributed by atoms with van der Waals surface area (Å²) in [6, 6.07) is 16.7. The maximum Gasteiger partial charge on any atom is 0.309 e. The summed E-state index contributed by atoms with van der Waals surface area (Å²) < 4.78 is 19.4. The number of benzene rings is 2. The lowest BCUT2D eigenvalue weighted by atomic mass is 9.96. The fourth-order valence-electron chi connectivity index (χ4n) is 5.45. The van der Waals surface area contributed by atoms with Gasteiger partial charge in [0.05, 0.1) is 18.2 Å². The number of para-hydroxylation sites is 1. The van der Waals surface area contributed by atoms with Crippen LogP contribution in [0.3, 0.4) is 0 Å². The summed E-state index contributed by atoms with van der Waals surface area (Å²) in [6.07, 6.45) is 2.06. The van der Waals surface area contributed by atoms with E-state index in [1.54, 1.807) is 17.8 Å². The first kappa shape index (κ1) is 29.8. The minimum atomic E-state index is -0.190. The van der Waals surface area contributed by atoms with Crippen molar-refractivity contribution in [3.63, 3.8) is 0 Å². The van der Waals surface area contributed by atoms with Gasteiger partial charge in [0.15, 0.2) is 5.16 Å². The molecule has 0 N–H and O–H groups in total. The van der Waals surface area contributed by atoms with Gasteiger partial charge >= 0.3 is 5.97 Å². The lowest BCUT2D eigenvalue weighted by Gasteiger charge is -2.37. The highest BCUT2D eigenvalue weighted by atomic mass is 32.2. The Labute approximate surface area is 251 Å². The van der Waals surface area contributed by atoms with Gasteiger partial charge in [0.1, 0.15) is 11.6 Å². The van der Waals surface area contributed by atoms with Crippen LogP contribution in [0.4, 0.5) is 15.9 Å². The largest absolute Gasteiger partial charge is 0.466 e. The summed E-state index contributed by atoms with van der Waals surface area (Å²) in [4.78, 5) is 41.0. The number of halogens is 1. The summed E-state index contributed by atoms with van der Waals surface area (Å²) >= 11 is 1.56. The molecule has 0 aliphatic carbocycles. The highest BCUT2D eigenvalue weighted by Gasteiger charge is 2.29. The lowest BCUT2D eigenvalue weighted by Crippen LogP contribution is -2.47. The lowest BCUT2D eigenvalue weighted by molar-refractivity contribution is -0.149. The van der Waals surface area contributed by atoms with Gasteiger partial charge in [-0.1, -0.05) is 43.0 Å². The molecule has 5 rings (SSSR count). The van der Waals surface area contributed by atoms with Gasteiger partial charge in [0.2, 0.25) is 0 Å². The molecule has 2 fully saturated rings. The zero-order valence-electron chi connectivity index (χ0n) is 24.3. The zero-order valence-corrected chi connectivity index (χ0v) is 25.1. The summed E-state index contributed by atoms with van der Waals surface area (Å²) in [5, 5.41) is 0.707. The Bertz CT molecular complexity index is 1390. The Kier molecular flexibility index (Phi) is 9.94. The number of piperidine rings is 1.